The SMILES string of the molecule is CCOC1CCN(C2CCC2CNC)CC1. The highest BCUT2D eigenvalue weighted by molar-refractivity contribution is 4.91. The van der Waals surface area contributed by atoms with Crippen molar-refractivity contribution in [3.63, 3.8) is 0 Å². The molecule has 1 saturated carbocycles. The molecule has 1 aliphatic heterocycles. The quantitative estimate of drug-likeness (QED) is 0.768. The van der Waals surface area contributed by atoms with Gasteiger partial charge in [0.05, 0.1) is 6.10 Å². The molecule has 1 aliphatic carbocycles. The fraction of sp³-hybridized carbons (Fsp3) is 1.00. The molecule has 3 nitrogen and oxygen atoms in total. The van der Waals surface area contributed by atoms with Crippen LogP contribution in [0.4, 0.5) is 0 Å². The Balaban J connectivity index is 1.72. The van der Waals surface area contributed by atoms with Gasteiger partial charge < -0.3 is 10.1 Å². The van der Waals surface area contributed by atoms with Crippen molar-refractivity contribution in [3.8, 4) is 0 Å². The Bertz CT molecular complexity index is 202. The highest BCUT2D eigenvalue weighted by Crippen LogP contribution is 2.33. The van der Waals surface area contributed by atoms with Crippen LogP contribution in [0.15, 0.2) is 0 Å². The number of hydrogen-bond acceptors (Lipinski definition) is 3. The molecule has 0 spiro atoms. The van der Waals surface area contributed by atoms with Crippen LogP contribution in [0.2, 0.25) is 0 Å². The molecular weight excluding hydrogens is 200 g/mol. The summed E-state index contributed by atoms with van der Waals surface area (Å²) in [6.45, 7) is 6.65. The molecule has 0 aromatic rings. The largest absolute Gasteiger partial charge is 0.378 e. The van der Waals surface area contributed by atoms with Crippen LogP contribution in [0.5, 0.6) is 0 Å². The van der Waals surface area contributed by atoms with Crippen molar-refractivity contribution in [2.75, 3.05) is 33.3 Å². The van der Waals surface area contributed by atoms with E-state index in [0.717, 1.165) is 18.6 Å². The minimum atomic E-state index is 0.532. The van der Waals surface area contributed by atoms with Crippen LogP contribution in [0, 0.1) is 5.92 Å². The van der Waals surface area contributed by atoms with Gasteiger partial charge in [-0.2, -0.15) is 0 Å². The van der Waals surface area contributed by atoms with Gasteiger partial charge in [-0.3, -0.25) is 4.90 Å². The maximum absolute atomic E-state index is 5.70. The van der Waals surface area contributed by atoms with Crippen LogP contribution in [0.3, 0.4) is 0 Å². The van der Waals surface area contributed by atoms with Crippen molar-refractivity contribution in [1.82, 2.24) is 10.2 Å². The minimum absolute atomic E-state index is 0.532. The Labute approximate surface area is 99.5 Å². The number of rotatable bonds is 5. The second-order valence-corrected chi connectivity index (χ2v) is 5.15. The summed E-state index contributed by atoms with van der Waals surface area (Å²) < 4.78 is 5.70. The lowest BCUT2D eigenvalue weighted by molar-refractivity contribution is -0.0220. The molecule has 0 bridgehead atoms. The summed E-state index contributed by atoms with van der Waals surface area (Å²) in [5.41, 5.74) is 0. The monoisotopic (exact) mass is 226 g/mol. The van der Waals surface area contributed by atoms with E-state index in [1.807, 2.05) is 0 Å². The summed E-state index contributed by atoms with van der Waals surface area (Å²) in [5, 5.41) is 3.32. The van der Waals surface area contributed by atoms with Gasteiger partial charge in [0.25, 0.3) is 0 Å². The summed E-state index contributed by atoms with van der Waals surface area (Å²) in [7, 11) is 2.07. The minimum Gasteiger partial charge on any atom is -0.378 e. The smallest absolute Gasteiger partial charge is 0.0599 e. The summed E-state index contributed by atoms with van der Waals surface area (Å²) in [5.74, 6) is 0.897. The average molecular weight is 226 g/mol. The number of hydrogen-bond donors (Lipinski definition) is 1. The molecule has 1 saturated heterocycles. The summed E-state index contributed by atoms with van der Waals surface area (Å²) in [6.07, 6.45) is 5.82. The Morgan fingerprint density at radius 3 is 2.44 bits per heavy atom. The van der Waals surface area contributed by atoms with Gasteiger partial charge in [0, 0.05) is 25.7 Å². The van der Waals surface area contributed by atoms with Crippen molar-refractivity contribution >= 4 is 0 Å². The maximum Gasteiger partial charge on any atom is 0.0599 e. The molecule has 2 aliphatic rings. The van der Waals surface area contributed by atoms with Gasteiger partial charge in [-0.1, -0.05) is 0 Å². The molecule has 0 radical (unpaired) electrons. The van der Waals surface area contributed by atoms with E-state index < -0.39 is 0 Å². The third-order valence-electron chi connectivity index (χ3n) is 4.19. The highest BCUT2D eigenvalue weighted by Gasteiger charge is 2.36. The van der Waals surface area contributed by atoms with Crippen molar-refractivity contribution in [3.05, 3.63) is 0 Å². The standard InChI is InChI=1S/C13H26N2O/c1-3-16-12-6-8-15(9-7-12)13-5-4-11(13)10-14-2/h11-14H,3-10H2,1-2H3. The molecule has 1 heterocycles. The topological polar surface area (TPSA) is 24.5 Å². The summed E-state index contributed by atoms with van der Waals surface area (Å²) in [4.78, 5) is 2.70. The fourth-order valence-electron chi connectivity index (χ4n) is 3.14. The van der Waals surface area contributed by atoms with E-state index in [1.54, 1.807) is 0 Å². The number of ether oxygens (including phenoxy) is 1. The summed E-state index contributed by atoms with van der Waals surface area (Å²) >= 11 is 0. The van der Waals surface area contributed by atoms with Crippen LogP contribution < -0.4 is 5.32 Å². The third-order valence-corrected chi connectivity index (χ3v) is 4.19. The molecule has 2 atom stereocenters. The molecule has 2 unspecified atom stereocenters. The maximum atomic E-state index is 5.70. The first-order chi connectivity index (χ1) is 7.85. The van der Waals surface area contributed by atoms with Gasteiger partial charge in [0.2, 0.25) is 0 Å². The van der Waals surface area contributed by atoms with Gasteiger partial charge in [-0.25, -0.2) is 0 Å². The van der Waals surface area contributed by atoms with Crippen molar-refractivity contribution in [2.45, 2.75) is 44.8 Å². The van der Waals surface area contributed by atoms with Crippen molar-refractivity contribution in [1.29, 1.82) is 0 Å². The Morgan fingerprint density at radius 2 is 1.94 bits per heavy atom. The van der Waals surface area contributed by atoms with Crippen LogP contribution in [0.25, 0.3) is 0 Å². The first kappa shape index (κ1) is 12.3. The number of piperidine rings is 1. The van der Waals surface area contributed by atoms with Crippen molar-refractivity contribution < 1.29 is 4.74 Å². The molecule has 0 aromatic heterocycles. The van der Waals surface area contributed by atoms with E-state index in [2.05, 4.69) is 24.2 Å². The van der Waals surface area contributed by atoms with Gasteiger partial charge in [0.1, 0.15) is 0 Å². The highest BCUT2D eigenvalue weighted by atomic mass is 16.5. The van der Waals surface area contributed by atoms with Crippen LogP contribution in [-0.4, -0.2) is 50.3 Å². The van der Waals surface area contributed by atoms with E-state index in [0.29, 0.717) is 6.10 Å². The number of nitrogens with one attached hydrogen (secondary N) is 1. The number of likely N-dealkylation sites (tertiary alicyclic amines) is 1. The normalized spacial score (nSPS) is 32.6. The number of nitrogens with zero attached hydrogens (tertiary/aromatic N) is 1. The van der Waals surface area contributed by atoms with Gasteiger partial charge in [-0.05, 0) is 52.1 Å². The van der Waals surface area contributed by atoms with E-state index in [4.69, 9.17) is 4.74 Å². The second-order valence-electron chi connectivity index (χ2n) is 5.15. The van der Waals surface area contributed by atoms with Gasteiger partial charge in [0.15, 0.2) is 0 Å². The first-order valence-electron chi connectivity index (χ1n) is 6.85. The zero-order chi connectivity index (χ0) is 11.4. The molecule has 2 rings (SSSR count). The average Bonchev–Trinajstić information content (AvgIpc) is 2.27. The molecule has 16 heavy (non-hydrogen) atoms. The molecule has 3 heteroatoms. The zero-order valence-corrected chi connectivity index (χ0v) is 10.7. The molecule has 0 aromatic carbocycles. The van der Waals surface area contributed by atoms with Crippen LogP contribution >= 0.6 is 0 Å². The van der Waals surface area contributed by atoms with Crippen LogP contribution in [0.1, 0.15) is 32.6 Å². The van der Waals surface area contributed by atoms with Gasteiger partial charge >= 0.3 is 0 Å². The van der Waals surface area contributed by atoms with E-state index in [9.17, 15) is 0 Å². The Morgan fingerprint density at radius 1 is 1.19 bits per heavy atom. The first-order valence-corrected chi connectivity index (χ1v) is 6.85. The molecule has 1 N–H and O–H groups in total. The molecule has 2 fully saturated rings. The zero-order valence-electron chi connectivity index (χ0n) is 10.7. The Kier molecular flexibility index (Phi) is 4.62. The van der Waals surface area contributed by atoms with Crippen molar-refractivity contribution in [2.24, 2.45) is 5.92 Å². The van der Waals surface area contributed by atoms with Gasteiger partial charge in [-0.15, -0.1) is 0 Å². The lowest BCUT2D eigenvalue weighted by Crippen LogP contribution is -2.53. The van der Waals surface area contributed by atoms with Crippen LogP contribution in [-0.2, 0) is 4.74 Å². The lowest BCUT2D eigenvalue weighted by Gasteiger charge is -2.47. The van der Waals surface area contributed by atoms with E-state index >= 15 is 0 Å². The summed E-state index contributed by atoms with van der Waals surface area (Å²) in [6, 6.07) is 0.857. The lowest BCUT2D eigenvalue weighted by atomic mass is 9.77. The Hall–Kier alpha value is -0.120. The fourth-order valence-corrected chi connectivity index (χ4v) is 3.14. The predicted octanol–water partition coefficient (Wildman–Crippen LogP) is 1.49. The predicted molar refractivity (Wildman–Crippen MR) is 66.7 cm³/mol. The van der Waals surface area contributed by atoms with E-state index in [-0.39, 0.29) is 0 Å². The molecule has 0 amide bonds. The van der Waals surface area contributed by atoms with E-state index in [1.165, 1.54) is 45.3 Å². The molecular formula is C13H26N2O. The molecule has 94 valence electrons. The third kappa shape index (κ3) is 2.76. The second kappa shape index (κ2) is 5.99.